The van der Waals surface area contributed by atoms with Crippen LogP contribution in [-0.2, 0) is 0 Å². The number of fused-ring (bicyclic) bond motifs is 12. The highest BCUT2D eigenvalue weighted by atomic mass is 16.3. The SMILES string of the molecule is c1ccc(-c2ccc(-c3cc(-c4ccc5c(c4)c4ccccc4n5-c4ccccc4)cc(-c4cccc5c4oc4c(-c6ccccc6)cccc45)c3)cc2)cc1.c1ccc(-c2cccc(-c3cc(-c4ccc5c(c4)c4ccccc4n5-c4ccccc4)cc(-c4cccc5c4oc4c(-c6ccccc6)cccc45)c3)c2)cc1. The molecule has 0 amide bonds. The highest BCUT2D eigenvalue weighted by Crippen LogP contribution is 2.47. The Hall–Kier alpha value is -14.8. The molecule has 0 radical (unpaired) electrons. The smallest absolute Gasteiger partial charge is 0.143 e. The third-order valence-electron chi connectivity index (χ3n) is 22.4. The van der Waals surface area contributed by atoms with E-state index in [4.69, 9.17) is 8.83 Å². The fourth-order valence-corrected chi connectivity index (χ4v) is 17.0. The summed E-state index contributed by atoms with van der Waals surface area (Å²) < 4.78 is 18.6. The van der Waals surface area contributed by atoms with Crippen LogP contribution in [0.25, 0.3) is 210 Å². The van der Waals surface area contributed by atoms with E-state index in [9.17, 15) is 0 Å². The highest BCUT2D eigenvalue weighted by molar-refractivity contribution is 6.16. The number of nitrogens with zero attached hydrogens (tertiary/aromatic N) is 2. The van der Waals surface area contributed by atoms with Crippen molar-refractivity contribution < 1.29 is 8.83 Å². The van der Waals surface area contributed by atoms with E-state index in [1.807, 2.05) is 0 Å². The molecule has 4 nitrogen and oxygen atoms in total. The lowest BCUT2D eigenvalue weighted by atomic mass is 9.91. The zero-order valence-corrected chi connectivity index (χ0v) is 61.1. The molecule has 0 aliphatic heterocycles. The lowest BCUT2D eigenvalue weighted by Gasteiger charge is -2.13. The quantitative estimate of drug-likeness (QED) is 0.122. The van der Waals surface area contributed by atoms with Gasteiger partial charge in [0.15, 0.2) is 0 Å². The van der Waals surface area contributed by atoms with Crippen LogP contribution in [-0.4, -0.2) is 9.13 Å². The topological polar surface area (TPSA) is 36.1 Å². The molecule has 4 heterocycles. The molecule has 0 unspecified atom stereocenters. The van der Waals surface area contributed by atoms with Gasteiger partial charge < -0.3 is 18.0 Å². The first kappa shape index (κ1) is 65.5. The fraction of sp³-hybridized carbons (Fsp3) is 0. The number of furan rings is 2. The van der Waals surface area contributed by atoms with Crippen molar-refractivity contribution in [1.82, 2.24) is 9.13 Å². The van der Waals surface area contributed by atoms with Crippen LogP contribution in [0.15, 0.2) is 433 Å². The summed E-state index contributed by atoms with van der Waals surface area (Å²) in [5.74, 6) is 0. The molecule has 22 aromatic rings. The van der Waals surface area contributed by atoms with Crippen molar-refractivity contribution >= 4 is 87.5 Å². The molecule has 0 aliphatic rings. The molecular weight excluding hydrogens is 1360 g/mol. The van der Waals surface area contributed by atoms with Crippen LogP contribution < -0.4 is 0 Å². The van der Waals surface area contributed by atoms with Crippen molar-refractivity contribution in [3.63, 3.8) is 0 Å². The van der Waals surface area contributed by atoms with E-state index in [1.54, 1.807) is 0 Å². The van der Waals surface area contributed by atoms with Crippen LogP contribution in [0.4, 0.5) is 0 Å². The second-order valence-electron chi connectivity index (χ2n) is 29.0. The molecule has 4 aromatic heterocycles. The normalized spacial score (nSPS) is 11.6. The van der Waals surface area contributed by atoms with Crippen molar-refractivity contribution in [2.45, 2.75) is 0 Å². The first-order valence-corrected chi connectivity index (χ1v) is 38.3. The number of para-hydroxylation sites is 8. The number of hydrogen-bond donors (Lipinski definition) is 0. The summed E-state index contributed by atoms with van der Waals surface area (Å²) in [6.45, 7) is 0. The van der Waals surface area contributed by atoms with E-state index in [2.05, 4.69) is 434 Å². The molecule has 0 saturated carbocycles. The van der Waals surface area contributed by atoms with E-state index in [1.165, 1.54) is 82.6 Å². The van der Waals surface area contributed by atoms with E-state index in [0.29, 0.717) is 0 Å². The monoisotopic (exact) mass is 1430 g/mol. The van der Waals surface area contributed by atoms with Gasteiger partial charge in [-0.25, -0.2) is 0 Å². The number of hydrogen-bond acceptors (Lipinski definition) is 2. The first-order chi connectivity index (χ1) is 55.5. The molecule has 524 valence electrons. The molecule has 18 aromatic carbocycles. The Morgan fingerprint density at radius 2 is 0.366 bits per heavy atom. The average Bonchev–Trinajstić information content (AvgIpc) is 1.59. The van der Waals surface area contributed by atoms with Crippen molar-refractivity contribution in [2.24, 2.45) is 0 Å². The summed E-state index contributed by atoms with van der Waals surface area (Å²) >= 11 is 0. The lowest BCUT2D eigenvalue weighted by Crippen LogP contribution is -1.93. The summed E-state index contributed by atoms with van der Waals surface area (Å²) in [4.78, 5) is 0. The van der Waals surface area contributed by atoms with Crippen LogP contribution in [0, 0.1) is 0 Å². The minimum absolute atomic E-state index is 0.897. The molecule has 0 fully saturated rings. The van der Waals surface area contributed by atoms with E-state index >= 15 is 0 Å². The minimum atomic E-state index is 0.897. The van der Waals surface area contributed by atoms with Crippen molar-refractivity contribution in [3.8, 4) is 123 Å². The van der Waals surface area contributed by atoms with Gasteiger partial charge in [0.25, 0.3) is 0 Å². The van der Waals surface area contributed by atoms with Gasteiger partial charge in [0, 0.05) is 76.7 Å². The van der Waals surface area contributed by atoms with Gasteiger partial charge in [-0.3, -0.25) is 0 Å². The summed E-state index contributed by atoms with van der Waals surface area (Å²) in [6.07, 6.45) is 0. The zero-order valence-electron chi connectivity index (χ0n) is 61.1. The summed E-state index contributed by atoms with van der Waals surface area (Å²) in [7, 11) is 0. The van der Waals surface area contributed by atoms with Gasteiger partial charge >= 0.3 is 0 Å². The molecule has 0 bridgehead atoms. The average molecular weight is 1430 g/mol. The molecule has 4 heteroatoms. The van der Waals surface area contributed by atoms with Gasteiger partial charge in [0.2, 0.25) is 0 Å². The maximum absolute atomic E-state index is 6.94. The van der Waals surface area contributed by atoms with Gasteiger partial charge in [0.1, 0.15) is 22.3 Å². The third-order valence-corrected chi connectivity index (χ3v) is 22.4. The number of benzene rings is 18. The molecule has 0 atom stereocenters. The second kappa shape index (κ2) is 27.7. The number of aromatic nitrogens is 2. The van der Waals surface area contributed by atoms with E-state index in [-0.39, 0.29) is 0 Å². The zero-order chi connectivity index (χ0) is 74.0. The molecular formula is C108H70N2O2. The maximum Gasteiger partial charge on any atom is 0.143 e. The van der Waals surface area contributed by atoms with Gasteiger partial charge in [0.05, 0.1) is 22.1 Å². The van der Waals surface area contributed by atoms with Gasteiger partial charge in [-0.05, 0) is 192 Å². The Kier molecular flexibility index (Phi) is 16.2. The fourth-order valence-electron chi connectivity index (χ4n) is 17.0. The van der Waals surface area contributed by atoms with Crippen LogP contribution >= 0.6 is 0 Å². The van der Waals surface area contributed by atoms with Gasteiger partial charge in [-0.15, -0.1) is 0 Å². The second-order valence-corrected chi connectivity index (χ2v) is 29.0. The Labute approximate surface area is 648 Å². The lowest BCUT2D eigenvalue weighted by molar-refractivity contribution is 0.670. The molecule has 112 heavy (non-hydrogen) atoms. The highest BCUT2D eigenvalue weighted by Gasteiger charge is 2.22. The first-order valence-electron chi connectivity index (χ1n) is 38.3. The van der Waals surface area contributed by atoms with Crippen LogP contribution in [0.2, 0.25) is 0 Å². The van der Waals surface area contributed by atoms with Crippen LogP contribution in [0.3, 0.4) is 0 Å². The van der Waals surface area contributed by atoms with Gasteiger partial charge in [-0.2, -0.15) is 0 Å². The third kappa shape index (κ3) is 11.6. The van der Waals surface area contributed by atoms with Crippen molar-refractivity contribution in [3.05, 3.63) is 425 Å². The standard InChI is InChI=1S/2C54H35NO/c1-4-15-36(16-5-1)38-19-12-20-39(31-38)41-32-42(40-29-30-52-50(35-40)47-23-10-11-28-51(47)55(52)44-21-8-3-9-22-44)34-43(33-41)46-25-14-27-49-48-26-13-24-45(53(48)56-54(46)49)37-17-6-2-7-18-37;1-4-14-36(15-5-1)37-26-28-38(29-27-37)41-32-42(40-30-31-52-50(35-40)47-20-10-11-25-51(47)55(52)44-18-8-3-9-19-44)34-43(33-41)46-22-13-24-49-48-23-12-21-45(53(48)56-54(46)49)39-16-6-2-7-17-39/h2*1-35H. The minimum Gasteiger partial charge on any atom is -0.455 e. The Balaban J connectivity index is 0.000000141. The summed E-state index contributed by atoms with van der Waals surface area (Å²) in [5, 5.41) is 9.41. The van der Waals surface area contributed by atoms with Crippen LogP contribution in [0.1, 0.15) is 0 Å². The van der Waals surface area contributed by atoms with Crippen molar-refractivity contribution in [1.29, 1.82) is 0 Å². The summed E-state index contributed by atoms with van der Waals surface area (Å²) in [6, 6.07) is 153. The van der Waals surface area contributed by atoms with Gasteiger partial charge in [-0.1, -0.05) is 322 Å². The van der Waals surface area contributed by atoms with E-state index in [0.717, 1.165) is 128 Å². The Morgan fingerprint density at radius 1 is 0.134 bits per heavy atom. The molecule has 0 aliphatic carbocycles. The molecule has 22 rings (SSSR count). The molecule has 0 spiro atoms. The molecule has 0 saturated heterocycles. The number of rotatable bonds is 12. The predicted octanol–water partition coefficient (Wildman–Crippen LogP) is 30.0. The van der Waals surface area contributed by atoms with Crippen molar-refractivity contribution in [2.75, 3.05) is 0 Å². The molecule has 0 N–H and O–H groups in total. The Morgan fingerprint density at radius 3 is 0.759 bits per heavy atom. The van der Waals surface area contributed by atoms with Crippen LogP contribution in [0.5, 0.6) is 0 Å². The maximum atomic E-state index is 6.94. The largest absolute Gasteiger partial charge is 0.455 e. The Bertz CT molecular complexity index is 7320. The predicted molar refractivity (Wildman–Crippen MR) is 470 cm³/mol. The summed E-state index contributed by atoms with van der Waals surface area (Å²) in [5.41, 5.74) is 33.6. The van der Waals surface area contributed by atoms with E-state index < -0.39 is 0 Å².